The van der Waals surface area contributed by atoms with E-state index in [1.165, 1.54) is 83.5 Å². The Morgan fingerprint density at radius 3 is 1.59 bits per heavy atom. The van der Waals surface area contributed by atoms with Crippen molar-refractivity contribution < 1.29 is 5.11 Å². The van der Waals surface area contributed by atoms with Gasteiger partial charge in [0.15, 0.2) is 0 Å². The van der Waals surface area contributed by atoms with E-state index in [-0.39, 0.29) is 6.04 Å². The predicted molar refractivity (Wildman–Crippen MR) is 99.1 cm³/mol. The minimum absolute atomic E-state index is 0.164. The molecule has 0 rings (SSSR count). The van der Waals surface area contributed by atoms with Crippen LogP contribution in [0.4, 0.5) is 0 Å². The number of allylic oxidation sites excluding steroid dienone is 1. The van der Waals surface area contributed by atoms with Gasteiger partial charge < -0.3 is 10.8 Å². The van der Waals surface area contributed by atoms with E-state index in [1.54, 1.807) is 0 Å². The number of rotatable bonds is 16. The van der Waals surface area contributed by atoms with Gasteiger partial charge in [0.2, 0.25) is 0 Å². The average Bonchev–Trinajstić information content (AvgIpc) is 2.50. The summed E-state index contributed by atoms with van der Waals surface area (Å²) < 4.78 is 0. The molecule has 132 valence electrons. The number of hydrogen-bond acceptors (Lipinski definition) is 2. The summed E-state index contributed by atoms with van der Waals surface area (Å²) in [5, 5.41) is 9.52. The molecule has 0 saturated heterocycles. The van der Waals surface area contributed by atoms with Crippen LogP contribution >= 0.6 is 0 Å². The second kappa shape index (κ2) is 17.0. The number of aliphatic hydroxyl groups excluding tert-OH is 1. The minimum Gasteiger partial charge on any atom is -0.387 e. The smallest absolute Gasteiger partial charge is 0.0869 e. The van der Waals surface area contributed by atoms with E-state index in [0.29, 0.717) is 0 Å². The lowest BCUT2D eigenvalue weighted by Gasteiger charge is -2.08. The average molecular weight is 312 g/mol. The summed E-state index contributed by atoms with van der Waals surface area (Å²) in [5.74, 6) is 0. The molecular formula is C20H41NO. The van der Waals surface area contributed by atoms with Gasteiger partial charge in [0.05, 0.1) is 6.10 Å². The molecule has 0 heterocycles. The van der Waals surface area contributed by atoms with E-state index >= 15 is 0 Å². The fraction of sp³-hybridized carbons (Fsp3) is 0.900. The van der Waals surface area contributed by atoms with Crippen molar-refractivity contribution in [1.82, 2.24) is 0 Å². The molecule has 0 radical (unpaired) electrons. The number of unbranched alkanes of at least 4 members (excludes halogenated alkanes) is 13. The summed E-state index contributed by atoms with van der Waals surface area (Å²) in [7, 11) is 0. The largest absolute Gasteiger partial charge is 0.387 e. The van der Waals surface area contributed by atoms with Gasteiger partial charge in [-0.25, -0.2) is 0 Å². The number of hydrogen-bond donors (Lipinski definition) is 2. The highest BCUT2D eigenvalue weighted by Crippen LogP contribution is 2.13. The lowest BCUT2D eigenvalue weighted by atomic mass is 10.0. The van der Waals surface area contributed by atoms with Gasteiger partial charge in [-0.2, -0.15) is 0 Å². The van der Waals surface area contributed by atoms with E-state index in [4.69, 9.17) is 5.73 Å². The minimum atomic E-state index is -0.484. The van der Waals surface area contributed by atoms with Crippen LogP contribution in [0.5, 0.6) is 0 Å². The molecule has 0 amide bonds. The van der Waals surface area contributed by atoms with Crippen LogP contribution in [0.3, 0.4) is 0 Å². The van der Waals surface area contributed by atoms with Crippen LogP contribution in [-0.4, -0.2) is 17.3 Å². The van der Waals surface area contributed by atoms with E-state index in [9.17, 15) is 5.11 Å². The Morgan fingerprint density at radius 1 is 0.773 bits per heavy atom. The standard InChI is InChI=1S/C20H41NO/c1-3-4-5-6-7-8-9-10-11-12-13-14-15-16-17-18-20(22)19(2)21/h17-20,22H,3-16,21H2,1-2H3/b18-17+/t19-,20-/m0/s1. The van der Waals surface area contributed by atoms with Gasteiger partial charge in [0.1, 0.15) is 0 Å². The van der Waals surface area contributed by atoms with Crippen molar-refractivity contribution in [2.24, 2.45) is 5.73 Å². The van der Waals surface area contributed by atoms with Crippen molar-refractivity contribution in [3.8, 4) is 0 Å². The molecule has 22 heavy (non-hydrogen) atoms. The Kier molecular flexibility index (Phi) is 16.8. The van der Waals surface area contributed by atoms with Crippen molar-refractivity contribution >= 4 is 0 Å². The van der Waals surface area contributed by atoms with Crippen molar-refractivity contribution in [3.05, 3.63) is 12.2 Å². The first-order chi connectivity index (χ1) is 10.7. The molecule has 0 saturated carbocycles. The predicted octanol–water partition coefficient (Wildman–Crippen LogP) is 5.73. The fourth-order valence-corrected chi connectivity index (χ4v) is 2.69. The zero-order valence-corrected chi connectivity index (χ0v) is 15.2. The van der Waals surface area contributed by atoms with Crippen molar-refractivity contribution in [2.75, 3.05) is 0 Å². The van der Waals surface area contributed by atoms with E-state index in [2.05, 4.69) is 13.0 Å². The summed E-state index contributed by atoms with van der Waals surface area (Å²) in [5.41, 5.74) is 5.60. The third kappa shape index (κ3) is 16.0. The monoisotopic (exact) mass is 311 g/mol. The van der Waals surface area contributed by atoms with Crippen molar-refractivity contribution in [3.63, 3.8) is 0 Å². The summed E-state index contributed by atoms with van der Waals surface area (Å²) >= 11 is 0. The summed E-state index contributed by atoms with van der Waals surface area (Å²) in [6.45, 7) is 4.11. The molecular weight excluding hydrogens is 270 g/mol. The molecule has 0 aromatic rings. The highest BCUT2D eigenvalue weighted by molar-refractivity contribution is 4.92. The SMILES string of the molecule is CCCCCCCCCCCCCCC/C=C/[C@H](O)[C@H](C)N. The van der Waals surface area contributed by atoms with Gasteiger partial charge >= 0.3 is 0 Å². The lowest BCUT2D eigenvalue weighted by molar-refractivity contribution is 0.198. The molecule has 0 aliphatic carbocycles. The van der Waals surface area contributed by atoms with Crippen LogP contribution in [0.2, 0.25) is 0 Å². The second-order valence-corrected chi connectivity index (χ2v) is 6.81. The first kappa shape index (κ1) is 21.7. The molecule has 2 nitrogen and oxygen atoms in total. The summed E-state index contributed by atoms with van der Waals surface area (Å²) in [6.07, 6.45) is 22.6. The van der Waals surface area contributed by atoms with E-state index in [1.807, 2.05) is 13.0 Å². The molecule has 0 spiro atoms. The highest BCUT2D eigenvalue weighted by atomic mass is 16.3. The first-order valence-electron chi connectivity index (χ1n) is 9.78. The molecule has 0 aliphatic heterocycles. The van der Waals surface area contributed by atoms with Crippen LogP contribution in [0.15, 0.2) is 12.2 Å². The molecule has 0 aromatic heterocycles. The third-order valence-corrected chi connectivity index (χ3v) is 4.35. The molecule has 0 aromatic carbocycles. The summed E-state index contributed by atoms with van der Waals surface area (Å²) in [6, 6.07) is -0.164. The quantitative estimate of drug-likeness (QED) is 0.282. The van der Waals surface area contributed by atoms with Crippen molar-refractivity contribution in [2.45, 2.75) is 116 Å². The lowest BCUT2D eigenvalue weighted by Crippen LogP contribution is -2.29. The zero-order chi connectivity index (χ0) is 16.5. The first-order valence-corrected chi connectivity index (χ1v) is 9.78. The Morgan fingerprint density at radius 2 is 1.18 bits per heavy atom. The third-order valence-electron chi connectivity index (χ3n) is 4.35. The molecule has 0 unspecified atom stereocenters. The Bertz CT molecular complexity index is 238. The maximum Gasteiger partial charge on any atom is 0.0869 e. The van der Waals surface area contributed by atoms with Gasteiger partial charge in [0.25, 0.3) is 0 Å². The van der Waals surface area contributed by atoms with Gasteiger partial charge in [0, 0.05) is 6.04 Å². The molecule has 0 aliphatic rings. The van der Waals surface area contributed by atoms with Crippen LogP contribution in [0.25, 0.3) is 0 Å². The molecule has 0 fully saturated rings. The Hall–Kier alpha value is -0.340. The van der Waals surface area contributed by atoms with Crippen molar-refractivity contribution in [1.29, 1.82) is 0 Å². The van der Waals surface area contributed by atoms with Crippen LogP contribution in [-0.2, 0) is 0 Å². The van der Waals surface area contributed by atoms with Crippen LogP contribution in [0, 0.1) is 0 Å². The van der Waals surface area contributed by atoms with Gasteiger partial charge in [-0.1, -0.05) is 96.1 Å². The van der Waals surface area contributed by atoms with E-state index in [0.717, 1.165) is 6.42 Å². The topological polar surface area (TPSA) is 46.2 Å². The zero-order valence-electron chi connectivity index (χ0n) is 15.2. The highest BCUT2D eigenvalue weighted by Gasteiger charge is 2.03. The van der Waals surface area contributed by atoms with Crippen LogP contribution < -0.4 is 5.73 Å². The van der Waals surface area contributed by atoms with E-state index < -0.39 is 6.10 Å². The van der Waals surface area contributed by atoms with Gasteiger partial charge in [-0.15, -0.1) is 0 Å². The Labute approximate surface area is 139 Å². The molecule has 2 heteroatoms. The normalized spacial score (nSPS) is 14.5. The fourth-order valence-electron chi connectivity index (χ4n) is 2.69. The Balaban J connectivity index is 3.11. The number of nitrogens with two attached hydrogens (primary N) is 1. The molecule has 2 atom stereocenters. The number of aliphatic hydroxyl groups is 1. The van der Waals surface area contributed by atoms with Crippen LogP contribution in [0.1, 0.15) is 104 Å². The maximum absolute atomic E-state index is 9.52. The summed E-state index contributed by atoms with van der Waals surface area (Å²) in [4.78, 5) is 0. The van der Waals surface area contributed by atoms with Gasteiger partial charge in [-0.3, -0.25) is 0 Å². The maximum atomic E-state index is 9.52. The van der Waals surface area contributed by atoms with Gasteiger partial charge in [-0.05, 0) is 19.8 Å². The second-order valence-electron chi connectivity index (χ2n) is 6.81. The molecule has 3 N–H and O–H groups in total. The molecule has 0 bridgehead atoms.